The normalized spacial score (nSPS) is 19.7. The van der Waals surface area contributed by atoms with Gasteiger partial charge in [-0.1, -0.05) is 103 Å². The molecule has 0 saturated carbocycles. The van der Waals surface area contributed by atoms with Gasteiger partial charge in [0, 0.05) is 19.3 Å². The molecular formula is C33H50FN5O5. The van der Waals surface area contributed by atoms with E-state index in [1.807, 2.05) is 0 Å². The fourth-order valence-electron chi connectivity index (χ4n) is 5.61. The highest BCUT2D eigenvalue weighted by Gasteiger charge is 2.51. The molecule has 3 rings (SSSR count). The number of esters is 1. The number of ether oxygens (including phenoxy) is 2. The van der Waals surface area contributed by atoms with Crippen LogP contribution in [0.2, 0.25) is 0 Å². The van der Waals surface area contributed by atoms with E-state index >= 15 is 0 Å². The van der Waals surface area contributed by atoms with Gasteiger partial charge in [0.2, 0.25) is 5.91 Å². The Bertz CT molecular complexity index is 1230. The van der Waals surface area contributed by atoms with Crippen LogP contribution in [0.1, 0.15) is 136 Å². The number of carbonyl (C=O) groups is 2. The highest BCUT2D eigenvalue weighted by Crippen LogP contribution is 2.40. The Morgan fingerprint density at radius 2 is 1.61 bits per heavy atom. The van der Waals surface area contributed by atoms with Crippen LogP contribution in [0.25, 0.3) is 11.2 Å². The molecule has 3 atom stereocenters. The standard InChI is InChI=1S/C33H50FN5O5/c1-4-7-9-11-12-13-14-15-16-17-19-21-28(42)43-25-22-27(44-33(25,6-3)23-40)39-24-35-29-30(37-32(34)38-31(29)39)36-26(41)20-18-10-8-5-2/h3,24-25,27,40H,4-5,7-23H2,1-2H3,(H,36,37,38,41)/t25-,27?,33?/m0/s1. The van der Waals surface area contributed by atoms with Crippen molar-refractivity contribution in [1.82, 2.24) is 19.5 Å². The van der Waals surface area contributed by atoms with Crippen molar-refractivity contribution in [3.8, 4) is 12.3 Å². The van der Waals surface area contributed by atoms with Gasteiger partial charge in [0.1, 0.15) is 12.3 Å². The molecule has 1 aliphatic heterocycles. The molecule has 0 bridgehead atoms. The topological polar surface area (TPSA) is 128 Å². The van der Waals surface area contributed by atoms with Crippen LogP contribution in [0.15, 0.2) is 6.33 Å². The molecule has 0 aliphatic carbocycles. The van der Waals surface area contributed by atoms with E-state index < -0.39 is 36.6 Å². The van der Waals surface area contributed by atoms with E-state index in [0.29, 0.717) is 6.42 Å². The molecule has 0 radical (unpaired) electrons. The molecule has 2 N–H and O–H groups in total. The maximum atomic E-state index is 14.5. The molecule has 3 heterocycles. The highest BCUT2D eigenvalue weighted by molar-refractivity contribution is 5.96. The number of aliphatic hydroxyl groups is 1. The second-order valence-corrected chi connectivity index (χ2v) is 11.8. The zero-order valence-electron chi connectivity index (χ0n) is 26.5. The molecule has 10 nitrogen and oxygen atoms in total. The number of aromatic nitrogens is 4. The van der Waals surface area contributed by atoms with Gasteiger partial charge in [0.25, 0.3) is 0 Å². The van der Waals surface area contributed by atoms with Crippen molar-refractivity contribution in [2.45, 2.75) is 147 Å². The summed E-state index contributed by atoms with van der Waals surface area (Å²) < 4.78 is 27.7. The van der Waals surface area contributed by atoms with Gasteiger partial charge in [-0.25, -0.2) is 4.98 Å². The summed E-state index contributed by atoms with van der Waals surface area (Å²) in [5, 5.41) is 12.8. The van der Waals surface area contributed by atoms with E-state index in [9.17, 15) is 19.1 Å². The van der Waals surface area contributed by atoms with Gasteiger partial charge in [-0.3, -0.25) is 14.2 Å². The summed E-state index contributed by atoms with van der Waals surface area (Å²) in [6.45, 7) is 3.74. The fourth-order valence-corrected chi connectivity index (χ4v) is 5.61. The zero-order valence-corrected chi connectivity index (χ0v) is 26.5. The van der Waals surface area contributed by atoms with Crippen molar-refractivity contribution >= 4 is 28.9 Å². The molecule has 0 spiro atoms. The molecule has 1 amide bonds. The van der Waals surface area contributed by atoms with Crippen LogP contribution in [-0.2, 0) is 19.1 Å². The number of unbranched alkanes of at least 4 members (excludes halogenated alkanes) is 13. The second-order valence-electron chi connectivity index (χ2n) is 11.8. The number of terminal acetylenes is 1. The number of halogens is 1. The molecule has 2 aromatic heterocycles. The third kappa shape index (κ3) is 10.2. The van der Waals surface area contributed by atoms with Crippen LogP contribution in [0, 0.1) is 18.4 Å². The van der Waals surface area contributed by atoms with Gasteiger partial charge in [0.15, 0.2) is 22.6 Å². The first-order valence-corrected chi connectivity index (χ1v) is 16.5. The van der Waals surface area contributed by atoms with E-state index in [1.54, 1.807) is 0 Å². The van der Waals surface area contributed by atoms with Gasteiger partial charge in [-0.05, 0) is 12.8 Å². The minimum atomic E-state index is -1.57. The lowest BCUT2D eigenvalue weighted by molar-refractivity contribution is -0.158. The maximum Gasteiger partial charge on any atom is 0.312 e. The minimum absolute atomic E-state index is 0.0370. The molecule has 2 unspecified atom stereocenters. The molecule has 244 valence electrons. The summed E-state index contributed by atoms with van der Waals surface area (Å²) in [6, 6.07) is 0. The Balaban J connectivity index is 1.55. The summed E-state index contributed by atoms with van der Waals surface area (Å²) in [4.78, 5) is 37.1. The van der Waals surface area contributed by atoms with E-state index in [0.717, 1.165) is 38.5 Å². The predicted octanol–water partition coefficient (Wildman–Crippen LogP) is 6.77. The maximum absolute atomic E-state index is 14.5. The average Bonchev–Trinajstić information content (AvgIpc) is 3.59. The predicted molar refractivity (Wildman–Crippen MR) is 167 cm³/mol. The molecule has 1 saturated heterocycles. The SMILES string of the molecule is C#CC1(CO)OC(n2cnc3c(NC(=O)CCCCCC)nc(F)nc32)C[C@@H]1OC(=O)CCCCCCCCCCCCC. The number of anilines is 1. The Labute approximate surface area is 260 Å². The first-order chi connectivity index (χ1) is 21.4. The summed E-state index contributed by atoms with van der Waals surface area (Å²) >= 11 is 0. The van der Waals surface area contributed by atoms with Gasteiger partial charge in [-0.2, -0.15) is 14.4 Å². The number of hydrogen-bond donors (Lipinski definition) is 2. The number of imidazole rings is 1. The third-order valence-electron chi connectivity index (χ3n) is 8.24. The minimum Gasteiger partial charge on any atom is -0.458 e. The van der Waals surface area contributed by atoms with Crippen molar-refractivity contribution in [2.24, 2.45) is 0 Å². The van der Waals surface area contributed by atoms with E-state index in [-0.39, 0.29) is 42.2 Å². The highest BCUT2D eigenvalue weighted by atomic mass is 19.1. The number of rotatable bonds is 21. The Kier molecular flexibility index (Phi) is 15.0. The van der Waals surface area contributed by atoms with Gasteiger partial charge in [-0.15, -0.1) is 6.42 Å². The summed E-state index contributed by atoms with van der Waals surface area (Å²) in [5.74, 6) is 1.73. The Morgan fingerprint density at radius 3 is 2.23 bits per heavy atom. The van der Waals surface area contributed by atoms with Gasteiger partial charge < -0.3 is 19.9 Å². The number of amides is 1. The molecule has 1 aliphatic rings. The number of nitrogens with zero attached hydrogens (tertiary/aromatic N) is 4. The monoisotopic (exact) mass is 615 g/mol. The van der Waals surface area contributed by atoms with Crippen molar-refractivity contribution in [1.29, 1.82) is 0 Å². The van der Waals surface area contributed by atoms with Crippen molar-refractivity contribution in [3.63, 3.8) is 0 Å². The third-order valence-corrected chi connectivity index (χ3v) is 8.24. The van der Waals surface area contributed by atoms with E-state index in [2.05, 4.69) is 40.0 Å². The quantitative estimate of drug-likeness (QED) is 0.0681. The molecule has 44 heavy (non-hydrogen) atoms. The number of aliphatic hydroxyl groups excluding tert-OH is 1. The fraction of sp³-hybridized carbons (Fsp3) is 0.727. The van der Waals surface area contributed by atoms with Crippen molar-refractivity contribution in [3.05, 3.63) is 12.4 Å². The number of fused-ring (bicyclic) bond motifs is 1. The molecular weight excluding hydrogens is 565 g/mol. The lowest BCUT2D eigenvalue weighted by Crippen LogP contribution is -2.44. The van der Waals surface area contributed by atoms with Crippen molar-refractivity contribution < 1.29 is 28.6 Å². The lowest BCUT2D eigenvalue weighted by Gasteiger charge is -2.26. The lowest BCUT2D eigenvalue weighted by atomic mass is 9.98. The van der Waals surface area contributed by atoms with Gasteiger partial charge >= 0.3 is 12.0 Å². The first-order valence-electron chi connectivity index (χ1n) is 16.5. The van der Waals surface area contributed by atoms with Crippen molar-refractivity contribution in [2.75, 3.05) is 11.9 Å². The van der Waals surface area contributed by atoms with Crippen LogP contribution in [0.5, 0.6) is 0 Å². The molecule has 0 aromatic carbocycles. The van der Waals surface area contributed by atoms with Crippen LogP contribution < -0.4 is 5.32 Å². The van der Waals surface area contributed by atoms with E-state index in [4.69, 9.17) is 15.9 Å². The number of hydrogen-bond acceptors (Lipinski definition) is 8. The largest absolute Gasteiger partial charge is 0.458 e. The molecule has 2 aromatic rings. The van der Waals surface area contributed by atoms with Crippen LogP contribution in [-0.4, -0.2) is 54.8 Å². The zero-order chi connectivity index (χ0) is 31.8. The van der Waals surface area contributed by atoms with Crippen LogP contribution in [0.3, 0.4) is 0 Å². The number of carbonyl (C=O) groups excluding carboxylic acids is 2. The smallest absolute Gasteiger partial charge is 0.312 e. The second kappa shape index (κ2) is 18.6. The molecule has 11 heteroatoms. The van der Waals surface area contributed by atoms with Gasteiger partial charge in [0.05, 0.1) is 12.9 Å². The van der Waals surface area contributed by atoms with E-state index in [1.165, 1.54) is 62.3 Å². The average molecular weight is 616 g/mol. The Hall–Kier alpha value is -3.10. The molecule has 1 fully saturated rings. The first kappa shape index (κ1) is 35.4. The number of nitrogens with one attached hydrogen (secondary N) is 1. The Morgan fingerprint density at radius 1 is 1.02 bits per heavy atom. The summed E-state index contributed by atoms with van der Waals surface area (Å²) in [7, 11) is 0. The summed E-state index contributed by atoms with van der Waals surface area (Å²) in [6.07, 6.45) is 21.6. The van der Waals surface area contributed by atoms with Crippen LogP contribution in [0.4, 0.5) is 10.2 Å². The summed E-state index contributed by atoms with van der Waals surface area (Å²) in [5.41, 5.74) is -1.31. The van der Waals surface area contributed by atoms with Crippen LogP contribution >= 0.6 is 0 Å².